The Balaban J connectivity index is 1.79. The number of rotatable bonds is 5. The van der Waals surface area contributed by atoms with Gasteiger partial charge in [0.25, 0.3) is 0 Å². The largest absolute Gasteiger partial charge is 0.379 e. The molecule has 2 rings (SSSR count). The van der Waals surface area contributed by atoms with Gasteiger partial charge in [0.1, 0.15) is 0 Å². The van der Waals surface area contributed by atoms with Gasteiger partial charge in [-0.2, -0.15) is 0 Å². The zero-order chi connectivity index (χ0) is 12.8. The van der Waals surface area contributed by atoms with Crippen molar-refractivity contribution in [2.24, 2.45) is 0 Å². The van der Waals surface area contributed by atoms with E-state index < -0.39 is 0 Å². The lowest BCUT2D eigenvalue weighted by molar-refractivity contribution is 0.0638. The first-order valence-corrected chi connectivity index (χ1v) is 6.81. The van der Waals surface area contributed by atoms with Crippen LogP contribution in [0.5, 0.6) is 0 Å². The Hall–Kier alpha value is -0.900. The number of benzene rings is 1. The van der Waals surface area contributed by atoms with Gasteiger partial charge in [-0.25, -0.2) is 0 Å². The third kappa shape index (κ3) is 4.09. The van der Waals surface area contributed by atoms with E-state index in [1.807, 2.05) is 0 Å². The summed E-state index contributed by atoms with van der Waals surface area (Å²) < 4.78 is 5.50. The molecule has 0 aromatic heterocycles. The monoisotopic (exact) mass is 248 g/mol. The number of nitrogens with one attached hydrogen (secondary N) is 1. The van der Waals surface area contributed by atoms with Gasteiger partial charge < -0.3 is 10.1 Å². The van der Waals surface area contributed by atoms with Crippen molar-refractivity contribution < 1.29 is 4.74 Å². The molecule has 2 unspecified atom stereocenters. The fraction of sp³-hybridized carbons (Fsp3) is 0.600. The molecule has 1 fully saturated rings. The highest BCUT2D eigenvalue weighted by Crippen LogP contribution is 2.11. The summed E-state index contributed by atoms with van der Waals surface area (Å²) in [7, 11) is 2.20. The molecule has 0 aliphatic carbocycles. The van der Waals surface area contributed by atoms with Gasteiger partial charge in [0.2, 0.25) is 0 Å². The van der Waals surface area contributed by atoms with Crippen LogP contribution in [0.3, 0.4) is 0 Å². The fourth-order valence-electron chi connectivity index (χ4n) is 2.39. The second kappa shape index (κ2) is 6.88. The molecule has 1 N–H and O–H groups in total. The van der Waals surface area contributed by atoms with Gasteiger partial charge >= 0.3 is 0 Å². The van der Waals surface area contributed by atoms with Crippen molar-refractivity contribution in [3.8, 4) is 0 Å². The minimum atomic E-state index is 0.506. The van der Waals surface area contributed by atoms with Crippen LogP contribution in [0.1, 0.15) is 18.9 Å². The van der Waals surface area contributed by atoms with E-state index in [1.165, 1.54) is 5.56 Å². The molecule has 0 spiro atoms. The first kappa shape index (κ1) is 13.5. The summed E-state index contributed by atoms with van der Waals surface area (Å²) in [4.78, 5) is 2.41. The van der Waals surface area contributed by atoms with Crippen molar-refractivity contribution in [1.29, 1.82) is 0 Å². The quantitative estimate of drug-likeness (QED) is 0.861. The Kier molecular flexibility index (Phi) is 5.17. The molecule has 2 atom stereocenters. The highest BCUT2D eigenvalue weighted by atomic mass is 16.5. The van der Waals surface area contributed by atoms with Crippen molar-refractivity contribution in [2.75, 3.05) is 26.8 Å². The van der Waals surface area contributed by atoms with Crippen LogP contribution >= 0.6 is 0 Å². The standard InChI is InChI=1S/C15H24N2O/c1-13(10-15-12-18-9-8-16-15)17(2)11-14-6-4-3-5-7-14/h3-7,13,15-16H,8-12H2,1-2H3. The maximum atomic E-state index is 5.50. The van der Waals surface area contributed by atoms with Gasteiger partial charge in [0, 0.05) is 25.2 Å². The van der Waals surface area contributed by atoms with E-state index in [2.05, 4.69) is 54.5 Å². The highest BCUT2D eigenvalue weighted by molar-refractivity contribution is 5.14. The number of hydrogen-bond acceptors (Lipinski definition) is 3. The normalized spacial score (nSPS) is 22.1. The summed E-state index contributed by atoms with van der Waals surface area (Å²) in [6.07, 6.45) is 1.14. The molecule has 18 heavy (non-hydrogen) atoms. The van der Waals surface area contributed by atoms with Crippen LogP contribution in [0.4, 0.5) is 0 Å². The zero-order valence-corrected chi connectivity index (χ0v) is 11.4. The van der Waals surface area contributed by atoms with Gasteiger partial charge in [-0.3, -0.25) is 4.90 Å². The second-order valence-electron chi connectivity index (χ2n) is 5.21. The molecule has 1 saturated heterocycles. The summed E-state index contributed by atoms with van der Waals surface area (Å²) in [6, 6.07) is 11.7. The van der Waals surface area contributed by atoms with Crippen molar-refractivity contribution in [3.63, 3.8) is 0 Å². The molecule has 100 valence electrons. The number of hydrogen-bond donors (Lipinski definition) is 1. The van der Waals surface area contributed by atoms with Crippen LogP contribution in [-0.4, -0.2) is 43.8 Å². The van der Waals surface area contributed by atoms with Crippen molar-refractivity contribution in [2.45, 2.75) is 32.0 Å². The fourth-order valence-corrected chi connectivity index (χ4v) is 2.39. The lowest BCUT2D eigenvalue weighted by Crippen LogP contribution is -2.45. The average molecular weight is 248 g/mol. The van der Waals surface area contributed by atoms with Gasteiger partial charge in [0.15, 0.2) is 0 Å². The highest BCUT2D eigenvalue weighted by Gasteiger charge is 2.18. The smallest absolute Gasteiger partial charge is 0.0620 e. The lowest BCUT2D eigenvalue weighted by Gasteiger charge is -2.31. The van der Waals surface area contributed by atoms with E-state index in [9.17, 15) is 0 Å². The molecule has 0 amide bonds. The maximum absolute atomic E-state index is 5.50. The van der Waals surface area contributed by atoms with Gasteiger partial charge in [-0.1, -0.05) is 30.3 Å². The Morgan fingerprint density at radius 2 is 2.17 bits per heavy atom. The minimum Gasteiger partial charge on any atom is -0.379 e. The summed E-state index contributed by atoms with van der Waals surface area (Å²) in [5.74, 6) is 0. The van der Waals surface area contributed by atoms with Gasteiger partial charge in [-0.15, -0.1) is 0 Å². The van der Waals surface area contributed by atoms with Crippen LogP contribution in [-0.2, 0) is 11.3 Å². The summed E-state index contributed by atoms with van der Waals surface area (Å²) in [5.41, 5.74) is 1.37. The van der Waals surface area contributed by atoms with E-state index in [4.69, 9.17) is 4.74 Å². The Morgan fingerprint density at radius 3 is 2.83 bits per heavy atom. The second-order valence-corrected chi connectivity index (χ2v) is 5.21. The van der Waals surface area contributed by atoms with E-state index in [-0.39, 0.29) is 0 Å². The van der Waals surface area contributed by atoms with Crippen molar-refractivity contribution >= 4 is 0 Å². The Morgan fingerprint density at radius 1 is 1.39 bits per heavy atom. The third-order valence-corrected chi connectivity index (χ3v) is 3.65. The Labute approximate surface area is 110 Å². The predicted octanol–water partition coefficient (Wildman–Crippen LogP) is 1.89. The molecular weight excluding hydrogens is 224 g/mol. The number of ether oxygens (including phenoxy) is 1. The molecule has 3 nitrogen and oxygen atoms in total. The zero-order valence-electron chi connectivity index (χ0n) is 11.4. The van der Waals surface area contributed by atoms with E-state index in [1.54, 1.807) is 0 Å². The summed E-state index contributed by atoms with van der Waals surface area (Å²) >= 11 is 0. The molecule has 1 aromatic rings. The van der Waals surface area contributed by atoms with E-state index >= 15 is 0 Å². The summed E-state index contributed by atoms with van der Waals surface area (Å²) in [6.45, 7) is 5.99. The first-order valence-electron chi connectivity index (χ1n) is 6.81. The van der Waals surface area contributed by atoms with Crippen LogP contribution in [0.15, 0.2) is 30.3 Å². The molecule has 1 aliphatic heterocycles. The lowest BCUT2D eigenvalue weighted by atomic mass is 10.1. The Bertz CT molecular complexity index is 336. The molecular formula is C15H24N2O. The van der Waals surface area contributed by atoms with E-state index in [0.717, 1.165) is 32.7 Å². The van der Waals surface area contributed by atoms with Crippen LogP contribution in [0.25, 0.3) is 0 Å². The SMILES string of the molecule is CC(CC1COCCN1)N(C)Cc1ccccc1. The van der Waals surface area contributed by atoms with Gasteiger partial charge in [-0.05, 0) is 26.0 Å². The molecule has 1 aliphatic rings. The molecule has 0 radical (unpaired) electrons. The molecule has 1 heterocycles. The predicted molar refractivity (Wildman–Crippen MR) is 74.6 cm³/mol. The van der Waals surface area contributed by atoms with Crippen molar-refractivity contribution in [1.82, 2.24) is 10.2 Å². The van der Waals surface area contributed by atoms with Crippen molar-refractivity contribution in [3.05, 3.63) is 35.9 Å². The third-order valence-electron chi connectivity index (χ3n) is 3.65. The van der Waals surface area contributed by atoms with E-state index in [0.29, 0.717) is 12.1 Å². The molecule has 1 aromatic carbocycles. The van der Waals surface area contributed by atoms with Crippen LogP contribution in [0, 0.1) is 0 Å². The number of nitrogens with zero attached hydrogens (tertiary/aromatic N) is 1. The first-order chi connectivity index (χ1) is 8.75. The maximum Gasteiger partial charge on any atom is 0.0620 e. The van der Waals surface area contributed by atoms with Crippen LogP contribution in [0.2, 0.25) is 0 Å². The molecule has 3 heteroatoms. The number of morpholine rings is 1. The topological polar surface area (TPSA) is 24.5 Å². The van der Waals surface area contributed by atoms with Gasteiger partial charge in [0.05, 0.1) is 13.2 Å². The molecule has 0 bridgehead atoms. The minimum absolute atomic E-state index is 0.506. The average Bonchev–Trinajstić information content (AvgIpc) is 2.41. The summed E-state index contributed by atoms with van der Waals surface area (Å²) in [5, 5.41) is 3.52. The van der Waals surface area contributed by atoms with Crippen LogP contribution < -0.4 is 5.32 Å². The molecule has 0 saturated carbocycles.